The molecule has 0 spiro atoms. The van der Waals surface area contributed by atoms with Crippen LogP contribution in [0.5, 0.6) is 0 Å². The predicted molar refractivity (Wildman–Crippen MR) is 134 cm³/mol. The Morgan fingerprint density at radius 1 is 0.949 bits per heavy atom. The summed E-state index contributed by atoms with van der Waals surface area (Å²) in [6.45, 7) is 3.96. The number of aliphatic hydroxyl groups excluding tert-OH is 1. The van der Waals surface area contributed by atoms with Crippen LogP contribution in [0.15, 0.2) is 0 Å². The minimum atomic E-state index is -1.71. The number of carbonyl (C=O) groups is 7. The van der Waals surface area contributed by atoms with Crippen LogP contribution in [-0.4, -0.2) is 112 Å². The van der Waals surface area contributed by atoms with E-state index in [1.807, 2.05) is 19.2 Å². The van der Waals surface area contributed by atoms with Crippen LogP contribution in [0.3, 0.4) is 0 Å². The summed E-state index contributed by atoms with van der Waals surface area (Å²) in [6, 6.07) is -6.33. The molecular formula is C23H38N6O10. The smallest absolute Gasteiger partial charge is 0.328 e. The van der Waals surface area contributed by atoms with Crippen LogP contribution in [0.25, 0.3) is 0 Å². The molecule has 1 rings (SSSR count). The highest BCUT2D eigenvalue weighted by Crippen LogP contribution is 2.19. The second kappa shape index (κ2) is 15.6. The Balaban J connectivity index is 2.78. The molecule has 1 fully saturated rings. The molecule has 0 unspecified atom stereocenters. The standard InChI is InChI=1S/C23H38N6O10/c1-11(2)7-13(24)19(34)25-9-17(31)26-12(3)22(37)29-6-4-5-16(29)21(36)27-14(8-18(32)33)20(35)28-15(10-30)23(38)39/h11-16,30H,4-10,24H2,1-3H3,(H,25,34)(H,26,31)(H,27,36)(H,28,35)(H,32,33)(H,38,39)/t12-,13-,14-,15-,16-/m0/s1. The second-order valence-electron chi connectivity index (χ2n) is 9.67. The van der Waals surface area contributed by atoms with Crippen molar-refractivity contribution in [3.8, 4) is 0 Å². The number of nitrogens with one attached hydrogen (secondary N) is 4. The Bertz CT molecular complexity index is 942. The zero-order valence-corrected chi connectivity index (χ0v) is 22.1. The molecule has 5 amide bonds. The molecule has 16 heteroatoms. The van der Waals surface area contributed by atoms with E-state index in [1.165, 1.54) is 11.8 Å². The van der Waals surface area contributed by atoms with E-state index in [0.29, 0.717) is 12.8 Å². The predicted octanol–water partition coefficient (Wildman–Crippen LogP) is -3.51. The molecule has 9 N–H and O–H groups in total. The number of carboxylic acid groups (broad SMARTS) is 2. The lowest BCUT2D eigenvalue weighted by Gasteiger charge is -2.28. The molecule has 5 atom stereocenters. The Morgan fingerprint density at radius 3 is 2.13 bits per heavy atom. The number of nitrogens with zero attached hydrogens (tertiary/aromatic N) is 1. The Hall–Kier alpha value is -3.79. The summed E-state index contributed by atoms with van der Waals surface area (Å²) < 4.78 is 0. The number of amides is 5. The van der Waals surface area contributed by atoms with E-state index in [4.69, 9.17) is 21.1 Å². The van der Waals surface area contributed by atoms with Gasteiger partial charge in [0.25, 0.3) is 0 Å². The molecule has 1 saturated heterocycles. The van der Waals surface area contributed by atoms with Crippen molar-refractivity contribution >= 4 is 41.5 Å². The summed E-state index contributed by atoms with van der Waals surface area (Å²) >= 11 is 0. The fraction of sp³-hybridized carbons (Fsp3) is 0.696. The molecule has 39 heavy (non-hydrogen) atoms. The summed E-state index contributed by atoms with van der Waals surface area (Å²) in [5.74, 6) is -6.61. The van der Waals surface area contributed by atoms with Crippen molar-refractivity contribution in [2.75, 3.05) is 19.7 Å². The first-order valence-electron chi connectivity index (χ1n) is 12.5. The van der Waals surface area contributed by atoms with Crippen molar-refractivity contribution in [1.29, 1.82) is 0 Å². The number of aliphatic hydroxyl groups is 1. The highest BCUT2D eigenvalue weighted by molar-refractivity contribution is 5.96. The molecule has 16 nitrogen and oxygen atoms in total. The molecule has 220 valence electrons. The van der Waals surface area contributed by atoms with Crippen molar-refractivity contribution in [2.45, 2.75) is 76.7 Å². The van der Waals surface area contributed by atoms with Crippen molar-refractivity contribution in [3.05, 3.63) is 0 Å². The van der Waals surface area contributed by atoms with Gasteiger partial charge in [0.15, 0.2) is 0 Å². The lowest BCUT2D eigenvalue weighted by Crippen LogP contribution is -2.58. The molecule has 0 aromatic carbocycles. The van der Waals surface area contributed by atoms with Crippen LogP contribution < -0.4 is 27.0 Å². The van der Waals surface area contributed by atoms with E-state index in [0.717, 1.165) is 0 Å². The van der Waals surface area contributed by atoms with Crippen LogP contribution >= 0.6 is 0 Å². The number of likely N-dealkylation sites (tertiary alicyclic amines) is 1. The van der Waals surface area contributed by atoms with Gasteiger partial charge in [0.2, 0.25) is 29.5 Å². The van der Waals surface area contributed by atoms with Gasteiger partial charge in [-0.3, -0.25) is 28.8 Å². The van der Waals surface area contributed by atoms with Crippen LogP contribution in [-0.2, 0) is 33.6 Å². The maximum atomic E-state index is 13.0. The highest BCUT2D eigenvalue weighted by Gasteiger charge is 2.38. The summed E-state index contributed by atoms with van der Waals surface area (Å²) in [7, 11) is 0. The number of aliphatic carboxylic acids is 2. The van der Waals surface area contributed by atoms with E-state index >= 15 is 0 Å². The fourth-order valence-electron chi connectivity index (χ4n) is 3.93. The third-order valence-corrected chi connectivity index (χ3v) is 5.88. The van der Waals surface area contributed by atoms with Gasteiger partial charge in [-0.1, -0.05) is 13.8 Å². The van der Waals surface area contributed by atoms with E-state index in [2.05, 4.69) is 16.0 Å². The minimum absolute atomic E-state index is 0.152. The summed E-state index contributed by atoms with van der Waals surface area (Å²) in [6.07, 6.45) is 0.153. The SMILES string of the molecule is CC(C)C[C@H](N)C(=O)NCC(=O)N[C@@H](C)C(=O)N1CCC[C@H]1C(=O)N[C@@H](CC(=O)O)C(=O)N[C@@H](CO)C(=O)O. The van der Waals surface area contributed by atoms with Crippen LogP contribution in [0.1, 0.15) is 46.5 Å². The van der Waals surface area contributed by atoms with E-state index < -0.39 is 91.3 Å². The Labute approximate surface area is 225 Å². The summed E-state index contributed by atoms with van der Waals surface area (Å²) in [5, 5.41) is 36.2. The van der Waals surface area contributed by atoms with Gasteiger partial charge in [-0.25, -0.2) is 4.79 Å². The summed E-state index contributed by atoms with van der Waals surface area (Å²) in [4.78, 5) is 86.0. The molecule has 0 radical (unpaired) electrons. The minimum Gasteiger partial charge on any atom is -0.481 e. The largest absolute Gasteiger partial charge is 0.481 e. The average molecular weight is 559 g/mol. The molecule has 0 aliphatic carbocycles. The van der Waals surface area contributed by atoms with Crippen molar-refractivity contribution < 1.29 is 48.9 Å². The molecule has 0 aromatic heterocycles. The van der Waals surface area contributed by atoms with Gasteiger partial charge in [0, 0.05) is 6.54 Å². The summed E-state index contributed by atoms with van der Waals surface area (Å²) in [5.41, 5.74) is 5.77. The van der Waals surface area contributed by atoms with Crippen LogP contribution in [0, 0.1) is 5.92 Å². The first-order valence-corrected chi connectivity index (χ1v) is 12.5. The molecular weight excluding hydrogens is 520 g/mol. The van der Waals surface area contributed by atoms with Gasteiger partial charge in [-0.15, -0.1) is 0 Å². The molecule has 0 aromatic rings. The normalized spacial score (nSPS) is 17.9. The van der Waals surface area contributed by atoms with Crippen LogP contribution in [0.2, 0.25) is 0 Å². The van der Waals surface area contributed by atoms with Gasteiger partial charge in [-0.05, 0) is 32.1 Å². The third-order valence-electron chi connectivity index (χ3n) is 5.88. The van der Waals surface area contributed by atoms with Crippen molar-refractivity contribution in [3.63, 3.8) is 0 Å². The maximum Gasteiger partial charge on any atom is 0.328 e. The fourth-order valence-corrected chi connectivity index (χ4v) is 3.93. The Morgan fingerprint density at radius 2 is 1.59 bits per heavy atom. The van der Waals surface area contributed by atoms with Gasteiger partial charge in [-0.2, -0.15) is 0 Å². The number of hydrogen-bond acceptors (Lipinski definition) is 9. The van der Waals surface area contributed by atoms with Crippen molar-refractivity contribution in [2.24, 2.45) is 11.7 Å². The monoisotopic (exact) mass is 558 g/mol. The number of hydrogen-bond donors (Lipinski definition) is 8. The first-order chi connectivity index (χ1) is 18.2. The molecule has 0 saturated carbocycles. The van der Waals surface area contributed by atoms with Gasteiger partial charge < -0.3 is 47.2 Å². The average Bonchev–Trinajstić information content (AvgIpc) is 3.33. The lowest BCUT2D eigenvalue weighted by molar-refractivity contribution is -0.145. The third kappa shape index (κ3) is 10.8. The lowest BCUT2D eigenvalue weighted by atomic mass is 10.0. The van der Waals surface area contributed by atoms with Crippen molar-refractivity contribution in [1.82, 2.24) is 26.2 Å². The first kappa shape index (κ1) is 33.2. The van der Waals surface area contributed by atoms with E-state index in [9.17, 15) is 33.6 Å². The number of carbonyl (C=O) groups excluding carboxylic acids is 5. The molecule has 0 bridgehead atoms. The van der Waals surface area contributed by atoms with Gasteiger partial charge in [0.05, 0.1) is 25.6 Å². The Kier molecular flexibility index (Phi) is 13.3. The second-order valence-corrected chi connectivity index (χ2v) is 9.67. The van der Waals surface area contributed by atoms with Gasteiger partial charge >= 0.3 is 11.9 Å². The topological polar surface area (TPSA) is 258 Å². The zero-order valence-electron chi connectivity index (χ0n) is 22.1. The van der Waals surface area contributed by atoms with E-state index in [1.54, 1.807) is 0 Å². The number of carboxylic acids is 2. The molecule has 1 heterocycles. The molecule has 1 aliphatic heterocycles. The van der Waals surface area contributed by atoms with E-state index in [-0.39, 0.29) is 18.9 Å². The molecule has 1 aliphatic rings. The number of nitrogens with two attached hydrogens (primary N) is 1. The van der Waals surface area contributed by atoms with Gasteiger partial charge in [0.1, 0.15) is 24.2 Å². The zero-order chi connectivity index (χ0) is 29.9. The number of rotatable bonds is 15. The maximum absolute atomic E-state index is 13.0. The highest BCUT2D eigenvalue weighted by atomic mass is 16.4. The quantitative estimate of drug-likeness (QED) is 0.0977. The van der Waals surface area contributed by atoms with Crippen LogP contribution in [0.4, 0.5) is 0 Å².